The van der Waals surface area contributed by atoms with Gasteiger partial charge in [0.25, 0.3) is 0 Å². The smallest absolute Gasteiger partial charge is 0.325 e. The first-order chi connectivity index (χ1) is 23.4. The Morgan fingerprint density at radius 1 is 0.961 bits per heavy atom. The molecule has 4 aliphatic carbocycles. The first kappa shape index (κ1) is 41.7. The highest BCUT2D eigenvalue weighted by atomic mass is 16.6. The van der Waals surface area contributed by atoms with Crippen molar-refractivity contribution < 1.29 is 54.5 Å². The Balaban J connectivity index is 1.53. The number of allylic oxidation sites excluding steroid dienone is 1. The van der Waals surface area contributed by atoms with Crippen LogP contribution in [0.3, 0.4) is 0 Å². The van der Waals surface area contributed by atoms with Gasteiger partial charge in [0.15, 0.2) is 0 Å². The maximum absolute atomic E-state index is 13.2. The molecule has 0 unspecified atom stereocenters. The molecule has 2 saturated carbocycles. The Hall–Kier alpha value is -2.09. The van der Waals surface area contributed by atoms with Gasteiger partial charge in [-0.2, -0.15) is 0 Å². The number of ether oxygens (including phenoxy) is 2. The van der Waals surface area contributed by atoms with Crippen LogP contribution >= 0.6 is 0 Å². The second kappa shape index (κ2) is 14.6. The Kier molecular flexibility index (Phi) is 11.9. The number of aliphatic hydroxyl groups excluding tert-OH is 4. The summed E-state index contributed by atoms with van der Waals surface area (Å²) in [5.41, 5.74) is -2.47. The van der Waals surface area contributed by atoms with E-state index in [1.54, 1.807) is 13.8 Å². The van der Waals surface area contributed by atoms with E-state index in [9.17, 15) is 45.0 Å². The van der Waals surface area contributed by atoms with Crippen molar-refractivity contribution in [2.45, 2.75) is 155 Å². The van der Waals surface area contributed by atoms with Crippen molar-refractivity contribution >= 4 is 17.8 Å². The second-order valence-corrected chi connectivity index (χ2v) is 18.3. The first-order valence-corrected chi connectivity index (χ1v) is 18.7. The minimum Gasteiger partial charge on any atom is -0.468 e. The van der Waals surface area contributed by atoms with Gasteiger partial charge in [0.1, 0.15) is 12.6 Å². The van der Waals surface area contributed by atoms with E-state index >= 15 is 0 Å². The van der Waals surface area contributed by atoms with Crippen LogP contribution in [-0.4, -0.2) is 104 Å². The number of rotatable bonds is 13. The van der Waals surface area contributed by atoms with Gasteiger partial charge in [-0.25, -0.2) is 0 Å². The van der Waals surface area contributed by atoms with Gasteiger partial charge in [-0.1, -0.05) is 45.8 Å². The van der Waals surface area contributed by atoms with Crippen LogP contribution in [-0.2, 0) is 23.9 Å². The van der Waals surface area contributed by atoms with Crippen molar-refractivity contribution in [3.63, 3.8) is 0 Å². The maximum Gasteiger partial charge on any atom is 0.325 e. The Morgan fingerprint density at radius 3 is 2.20 bits per heavy atom. The number of methoxy groups -OCH3 is 1. The lowest BCUT2D eigenvalue weighted by molar-refractivity contribution is -0.198. The predicted octanol–water partition coefficient (Wildman–Crippen LogP) is 2.93. The van der Waals surface area contributed by atoms with Gasteiger partial charge in [-0.05, 0) is 101 Å². The van der Waals surface area contributed by atoms with E-state index in [1.807, 2.05) is 13.8 Å². The monoisotopic (exact) mass is 723 g/mol. The standard InChI is InChI=1S/C39H65NO11/c1-34(2)27-12-11-24-25(16-29(44)39(8)23(14-15-38(24,39)7)22(21-41)10-13-28(43)35(3,4)48)37(27,6)17-26(42)33(34)51-31(46)19-36(5,49)18-30(45)40-20-32(47)50-9/h22-23,26-29,33,41-44,48-49H,10-21H2,1-9H3,(H,40,45)/t22-,23+,26-,27+,28-,29-,33-,36+,37-,38+,39+/m0/s1. The number of hydrogen-bond donors (Lipinski definition) is 7. The van der Waals surface area contributed by atoms with E-state index in [1.165, 1.54) is 25.2 Å². The van der Waals surface area contributed by atoms with Gasteiger partial charge in [0, 0.05) is 17.4 Å². The number of hydrogen-bond acceptors (Lipinski definition) is 11. The van der Waals surface area contributed by atoms with E-state index in [2.05, 4.69) is 30.8 Å². The fraction of sp³-hybridized carbons (Fsp3) is 0.872. The fourth-order valence-corrected chi connectivity index (χ4v) is 11.2. The molecule has 0 aromatic carbocycles. The van der Waals surface area contributed by atoms with Crippen molar-refractivity contribution in [1.82, 2.24) is 5.32 Å². The zero-order chi connectivity index (χ0) is 38.5. The zero-order valence-corrected chi connectivity index (χ0v) is 32.3. The van der Waals surface area contributed by atoms with Crippen LogP contribution in [0.1, 0.15) is 120 Å². The van der Waals surface area contributed by atoms with Crippen molar-refractivity contribution in [3.05, 3.63) is 11.1 Å². The number of nitrogens with one attached hydrogen (secondary N) is 1. The lowest BCUT2D eigenvalue weighted by Gasteiger charge is -2.64. The van der Waals surface area contributed by atoms with Crippen LogP contribution in [0.25, 0.3) is 0 Å². The fourth-order valence-electron chi connectivity index (χ4n) is 11.2. The summed E-state index contributed by atoms with van der Waals surface area (Å²) in [6, 6.07) is 0. The zero-order valence-electron chi connectivity index (χ0n) is 32.3. The topological polar surface area (TPSA) is 203 Å². The van der Waals surface area contributed by atoms with Gasteiger partial charge in [0.2, 0.25) is 5.91 Å². The van der Waals surface area contributed by atoms with Crippen LogP contribution < -0.4 is 5.32 Å². The number of aliphatic hydroxyl groups is 6. The molecule has 0 aliphatic heterocycles. The lowest BCUT2D eigenvalue weighted by Crippen LogP contribution is -2.62. The molecule has 1 amide bonds. The second-order valence-electron chi connectivity index (χ2n) is 18.3. The molecule has 0 radical (unpaired) electrons. The van der Waals surface area contributed by atoms with E-state index < -0.39 is 82.6 Å². The Labute approximate surface area is 303 Å². The molecule has 0 spiro atoms. The summed E-state index contributed by atoms with van der Waals surface area (Å²) in [6.07, 6.45) is 0.551. The number of carbonyl (C=O) groups excluding carboxylic acids is 3. The number of carbonyl (C=O) groups is 3. The molecule has 7 N–H and O–H groups in total. The minimum absolute atomic E-state index is 0.0143. The van der Waals surface area contributed by atoms with Crippen LogP contribution in [0.4, 0.5) is 0 Å². The third kappa shape index (κ3) is 7.65. The third-order valence-electron chi connectivity index (χ3n) is 14.2. The molecule has 0 bridgehead atoms. The van der Waals surface area contributed by atoms with Gasteiger partial charge >= 0.3 is 11.9 Å². The molecule has 12 heteroatoms. The van der Waals surface area contributed by atoms with E-state index in [4.69, 9.17) is 4.74 Å². The maximum atomic E-state index is 13.2. The van der Waals surface area contributed by atoms with Crippen LogP contribution in [0, 0.1) is 39.4 Å². The highest BCUT2D eigenvalue weighted by molar-refractivity contribution is 5.83. The summed E-state index contributed by atoms with van der Waals surface area (Å²) in [7, 11) is 1.19. The van der Waals surface area contributed by atoms with Gasteiger partial charge in [-0.3, -0.25) is 14.4 Å². The predicted molar refractivity (Wildman–Crippen MR) is 189 cm³/mol. The lowest BCUT2D eigenvalue weighted by atomic mass is 9.42. The summed E-state index contributed by atoms with van der Waals surface area (Å²) in [6.45, 7) is 14.7. The SMILES string of the molecule is COC(=O)CNC(=O)C[C@@](C)(O)CC(=O)O[C@H]1[C@@H](O)C[C@@]2(C)C3=C(CC[C@@H]2C1(C)C)[C@@]1(C)CC[C@H]([C@H](CO)CC[C@H](O)C(C)(C)O)[C@]1(C)[C@@H](O)C3. The average molecular weight is 724 g/mol. The molecule has 4 rings (SSSR count). The average Bonchev–Trinajstić information content (AvgIpc) is 3.30. The molecule has 2 fully saturated rings. The van der Waals surface area contributed by atoms with Crippen molar-refractivity contribution in [2.24, 2.45) is 39.4 Å². The quantitative estimate of drug-likeness (QED) is 0.109. The number of amides is 1. The van der Waals surface area contributed by atoms with Crippen LogP contribution in [0.2, 0.25) is 0 Å². The molecule has 4 aliphatic rings. The third-order valence-corrected chi connectivity index (χ3v) is 14.2. The Morgan fingerprint density at radius 2 is 1.61 bits per heavy atom. The molecule has 51 heavy (non-hydrogen) atoms. The summed E-state index contributed by atoms with van der Waals surface area (Å²) in [5.74, 6) is -2.11. The molecule has 0 aromatic heterocycles. The number of esters is 2. The summed E-state index contributed by atoms with van der Waals surface area (Å²) >= 11 is 0. The minimum atomic E-state index is -1.75. The van der Waals surface area contributed by atoms with Crippen molar-refractivity contribution in [3.8, 4) is 0 Å². The molecular formula is C39H65NO11. The van der Waals surface area contributed by atoms with Gasteiger partial charge < -0.3 is 45.4 Å². The highest BCUT2D eigenvalue weighted by Gasteiger charge is 2.67. The molecule has 0 aromatic rings. The van der Waals surface area contributed by atoms with Crippen LogP contribution in [0.15, 0.2) is 11.1 Å². The molecule has 292 valence electrons. The molecule has 0 heterocycles. The largest absolute Gasteiger partial charge is 0.468 e. The van der Waals surface area contributed by atoms with Crippen molar-refractivity contribution in [2.75, 3.05) is 20.3 Å². The van der Waals surface area contributed by atoms with E-state index in [0.29, 0.717) is 25.7 Å². The number of fused-ring (bicyclic) bond motifs is 4. The molecule has 11 atom stereocenters. The van der Waals surface area contributed by atoms with Crippen molar-refractivity contribution in [1.29, 1.82) is 0 Å². The summed E-state index contributed by atoms with van der Waals surface area (Å²) < 4.78 is 10.4. The van der Waals surface area contributed by atoms with Gasteiger partial charge in [-0.15, -0.1) is 0 Å². The van der Waals surface area contributed by atoms with Gasteiger partial charge in [0.05, 0.1) is 49.5 Å². The summed E-state index contributed by atoms with van der Waals surface area (Å²) in [4.78, 5) is 36.9. The first-order valence-electron chi connectivity index (χ1n) is 18.7. The molecule has 0 saturated heterocycles. The Bertz CT molecular complexity index is 1350. The van der Waals surface area contributed by atoms with Crippen LogP contribution in [0.5, 0.6) is 0 Å². The van der Waals surface area contributed by atoms with E-state index in [-0.39, 0.29) is 36.3 Å². The highest BCUT2D eigenvalue weighted by Crippen LogP contribution is 2.72. The molecule has 12 nitrogen and oxygen atoms in total. The van der Waals surface area contributed by atoms with E-state index in [0.717, 1.165) is 25.7 Å². The summed E-state index contributed by atoms with van der Waals surface area (Å²) in [5, 5.41) is 68.5. The molecular weight excluding hydrogens is 658 g/mol. The normalized spacial score (nSPS) is 36.9.